The van der Waals surface area contributed by atoms with Gasteiger partial charge in [0.05, 0.1) is 46.9 Å². The Kier molecular flexibility index (Phi) is 6.19. The third kappa shape index (κ3) is 3.26. The van der Waals surface area contributed by atoms with Gasteiger partial charge in [0.2, 0.25) is 0 Å². The van der Waals surface area contributed by atoms with Crippen molar-refractivity contribution >= 4 is 23.9 Å². The summed E-state index contributed by atoms with van der Waals surface area (Å²) in [4.78, 5) is 51.9. The summed E-state index contributed by atoms with van der Waals surface area (Å²) in [5.74, 6) is -2.14. The first-order chi connectivity index (χ1) is 14.3. The van der Waals surface area contributed by atoms with Crippen molar-refractivity contribution < 1.29 is 38.1 Å². The van der Waals surface area contributed by atoms with E-state index >= 15 is 0 Å². The fourth-order valence-corrected chi connectivity index (χ4v) is 5.17. The Bertz CT molecular complexity index is 842. The van der Waals surface area contributed by atoms with Crippen LogP contribution in [0.3, 0.4) is 0 Å². The first-order valence-corrected chi connectivity index (χ1v) is 9.88. The lowest BCUT2D eigenvalue weighted by atomic mass is 9.71. The third-order valence-corrected chi connectivity index (χ3v) is 6.39. The molecule has 0 N–H and O–H groups in total. The summed E-state index contributed by atoms with van der Waals surface area (Å²) < 4.78 is 19.7. The predicted octanol–water partition coefficient (Wildman–Crippen LogP) is 1.27. The van der Waals surface area contributed by atoms with Gasteiger partial charge in [0.25, 0.3) is 0 Å². The molecule has 9 nitrogen and oxygen atoms in total. The second-order valence-electron chi connectivity index (χ2n) is 7.60. The van der Waals surface area contributed by atoms with Crippen molar-refractivity contribution in [1.29, 1.82) is 0 Å². The fourth-order valence-electron chi connectivity index (χ4n) is 5.17. The number of hydrogen-bond acceptors (Lipinski definition) is 9. The van der Waals surface area contributed by atoms with Gasteiger partial charge in [-0.3, -0.25) is 14.4 Å². The Morgan fingerprint density at radius 3 is 2.27 bits per heavy atom. The molecule has 3 aliphatic rings. The van der Waals surface area contributed by atoms with E-state index in [1.807, 2.05) is 0 Å². The van der Waals surface area contributed by atoms with Crippen LogP contribution in [-0.2, 0) is 38.1 Å². The standard InChI is InChI=1S/C21H27NO8/c1-27-16(23)10-13(19(25)29-3)12-7-8-14-18(12)22-9-5-6-15(22)21(14,20(26)30-4)11-17(24)28-2/h15H,5-11H2,1-4H3. The van der Waals surface area contributed by atoms with Crippen molar-refractivity contribution in [1.82, 2.24) is 4.90 Å². The molecule has 2 aliphatic heterocycles. The lowest BCUT2D eigenvalue weighted by Gasteiger charge is -2.35. The fraction of sp³-hybridized carbons (Fsp3) is 0.619. The average molecular weight is 421 g/mol. The van der Waals surface area contributed by atoms with Crippen molar-refractivity contribution in [3.63, 3.8) is 0 Å². The van der Waals surface area contributed by atoms with Crippen LogP contribution >= 0.6 is 0 Å². The van der Waals surface area contributed by atoms with E-state index in [1.54, 1.807) is 0 Å². The number of rotatable bonds is 6. The van der Waals surface area contributed by atoms with Crippen LogP contribution in [-0.4, -0.2) is 69.8 Å². The number of methoxy groups -OCH3 is 4. The number of allylic oxidation sites excluding steroid dienone is 1. The van der Waals surface area contributed by atoms with Gasteiger partial charge in [-0.05, 0) is 36.8 Å². The normalized spacial score (nSPS) is 26.1. The van der Waals surface area contributed by atoms with Crippen molar-refractivity contribution in [2.24, 2.45) is 5.41 Å². The van der Waals surface area contributed by atoms with E-state index in [9.17, 15) is 19.2 Å². The lowest BCUT2D eigenvalue weighted by Crippen LogP contribution is -2.47. The van der Waals surface area contributed by atoms with E-state index in [0.717, 1.165) is 17.7 Å². The number of carbonyl (C=O) groups is 4. The second-order valence-corrected chi connectivity index (χ2v) is 7.60. The highest BCUT2D eigenvalue weighted by molar-refractivity contribution is 5.96. The van der Waals surface area contributed by atoms with Gasteiger partial charge in [0.1, 0.15) is 5.41 Å². The first-order valence-electron chi connectivity index (χ1n) is 9.88. The zero-order valence-electron chi connectivity index (χ0n) is 17.7. The quantitative estimate of drug-likeness (QED) is 0.356. The van der Waals surface area contributed by atoms with Crippen LogP contribution in [0.25, 0.3) is 0 Å². The van der Waals surface area contributed by atoms with Crippen molar-refractivity contribution in [2.75, 3.05) is 35.0 Å². The van der Waals surface area contributed by atoms with E-state index in [1.165, 1.54) is 28.4 Å². The Labute approximate surface area is 175 Å². The molecule has 0 spiro atoms. The van der Waals surface area contributed by atoms with Crippen LogP contribution in [0.2, 0.25) is 0 Å². The molecular formula is C21H27NO8. The zero-order chi connectivity index (χ0) is 22.1. The first kappa shape index (κ1) is 21.9. The Hall–Kier alpha value is -2.84. The third-order valence-electron chi connectivity index (χ3n) is 6.39. The molecule has 3 rings (SSSR count). The van der Waals surface area contributed by atoms with E-state index < -0.39 is 29.3 Å². The predicted molar refractivity (Wildman–Crippen MR) is 103 cm³/mol. The number of esters is 4. The molecule has 1 aliphatic carbocycles. The number of carbonyl (C=O) groups excluding carboxylic acids is 4. The maximum absolute atomic E-state index is 13.1. The average Bonchev–Trinajstić information content (AvgIpc) is 3.45. The largest absolute Gasteiger partial charge is 0.469 e. The molecule has 2 unspecified atom stereocenters. The van der Waals surface area contributed by atoms with Crippen LogP contribution in [0.5, 0.6) is 0 Å². The topological polar surface area (TPSA) is 108 Å². The monoisotopic (exact) mass is 421 g/mol. The van der Waals surface area contributed by atoms with Gasteiger partial charge in [-0.2, -0.15) is 0 Å². The summed E-state index contributed by atoms with van der Waals surface area (Å²) >= 11 is 0. The van der Waals surface area contributed by atoms with Crippen molar-refractivity contribution in [2.45, 2.75) is 44.6 Å². The molecule has 0 aromatic heterocycles. The molecule has 0 bridgehead atoms. The molecule has 0 aromatic carbocycles. The summed E-state index contributed by atoms with van der Waals surface area (Å²) in [5.41, 5.74) is 1.26. The lowest BCUT2D eigenvalue weighted by molar-refractivity contribution is -0.159. The molecule has 2 heterocycles. The molecule has 0 amide bonds. The number of hydrogen-bond donors (Lipinski definition) is 0. The molecule has 9 heteroatoms. The Morgan fingerprint density at radius 1 is 0.967 bits per heavy atom. The summed E-state index contributed by atoms with van der Waals surface area (Å²) in [7, 11) is 5.11. The molecule has 1 saturated heterocycles. The van der Waals surface area contributed by atoms with Gasteiger partial charge >= 0.3 is 23.9 Å². The molecule has 0 radical (unpaired) electrons. The number of fused-ring (bicyclic) bond motifs is 2. The maximum atomic E-state index is 13.1. The minimum Gasteiger partial charge on any atom is -0.469 e. The smallest absolute Gasteiger partial charge is 0.334 e. The highest BCUT2D eigenvalue weighted by Crippen LogP contribution is 2.59. The Morgan fingerprint density at radius 2 is 1.67 bits per heavy atom. The van der Waals surface area contributed by atoms with Gasteiger partial charge in [-0.25, -0.2) is 4.79 Å². The molecule has 0 aromatic rings. The molecule has 30 heavy (non-hydrogen) atoms. The number of nitrogens with zero attached hydrogens (tertiary/aromatic N) is 1. The van der Waals surface area contributed by atoms with E-state index in [2.05, 4.69) is 4.90 Å². The second kappa shape index (κ2) is 8.49. The molecule has 164 valence electrons. The maximum Gasteiger partial charge on any atom is 0.334 e. The van der Waals surface area contributed by atoms with Crippen LogP contribution < -0.4 is 0 Å². The van der Waals surface area contributed by atoms with E-state index in [0.29, 0.717) is 31.4 Å². The summed E-state index contributed by atoms with van der Waals surface area (Å²) in [5, 5.41) is 0. The summed E-state index contributed by atoms with van der Waals surface area (Å²) in [6.07, 6.45) is 2.11. The summed E-state index contributed by atoms with van der Waals surface area (Å²) in [6, 6.07) is -0.263. The SMILES string of the molecule is COC(=O)CC(C(=O)OC)=C1CCC2=C1N1CCCC1C2(CC(=O)OC)C(=O)OC. The highest BCUT2D eigenvalue weighted by atomic mass is 16.5. The minimum atomic E-state index is -1.16. The van der Waals surface area contributed by atoms with Gasteiger partial charge < -0.3 is 23.8 Å². The molecule has 1 fully saturated rings. The van der Waals surface area contributed by atoms with Crippen molar-refractivity contribution in [3.05, 3.63) is 22.4 Å². The number of ether oxygens (including phenoxy) is 4. The van der Waals surface area contributed by atoms with Gasteiger partial charge in [0, 0.05) is 18.3 Å². The molecule has 0 saturated carbocycles. The highest BCUT2D eigenvalue weighted by Gasteiger charge is 2.62. The van der Waals surface area contributed by atoms with E-state index in [4.69, 9.17) is 18.9 Å². The van der Waals surface area contributed by atoms with Crippen molar-refractivity contribution in [3.8, 4) is 0 Å². The van der Waals surface area contributed by atoms with Gasteiger partial charge in [-0.1, -0.05) is 0 Å². The zero-order valence-corrected chi connectivity index (χ0v) is 17.7. The minimum absolute atomic E-state index is 0.131. The van der Waals surface area contributed by atoms with Gasteiger partial charge in [0.15, 0.2) is 0 Å². The molecular weight excluding hydrogens is 394 g/mol. The van der Waals surface area contributed by atoms with Crippen LogP contribution in [0, 0.1) is 5.41 Å². The summed E-state index contributed by atoms with van der Waals surface area (Å²) in [6.45, 7) is 0.680. The van der Waals surface area contributed by atoms with Crippen LogP contribution in [0.4, 0.5) is 0 Å². The van der Waals surface area contributed by atoms with E-state index in [-0.39, 0.29) is 24.5 Å². The van der Waals surface area contributed by atoms with Crippen LogP contribution in [0.15, 0.2) is 22.4 Å². The van der Waals surface area contributed by atoms with Crippen LogP contribution in [0.1, 0.15) is 38.5 Å². The van der Waals surface area contributed by atoms with Gasteiger partial charge in [-0.15, -0.1) is 0 Å². The molecule has 2 atom stereocenters. The Balaban J connectivity index is 2.20.